The van der Waals surface area contributed by atoms with Gasteiger partial charge in [0.25, 0.3) is 0 Å². The minimum absolute atomic E-state index is 0.0528. The number of carboxylic acids is 1. The molecule has 0 bridgehead atoms. The second-order valence-corrected chi connectivity index (χ2v) is 15.4. The van der Waals surface area contributed by atoms with Gasteiger partial charge in [-0.3, -0.25) is 23.4 Å². The molecule has 334 valence electrons. The van der Waals surface area contributed by atoms with Crippen LogP contribution in [-0.4, -0.2) is 71.1 Å². The average Bonchev–Trinajstić information content (AvgIpc) is 3.20. The van der Waals surface area contributed by atoms with E-state index in [4.69, 9.17) is 24.8 Å². The van der Waals surface area contributed by atoms with Crippen LogP contribution in [0.4, 0.5) is 0 Å². The Morgan fingerprint density at radius 1 is 0.593 bits per heavy atom. The molecule has 0 radical (unpaired) electrons. The van der Waals surface area contributed by atoms with Crippen LogP contribution < -0.4 is 5.73 Å². The van der Waals surface area contributed by atoms with Crippen molar-refractivity contribution in [3.05, 3.63) is 97.2 Å². The standard InChI is InChI=1S/C46H74NO11P/c1-3-5-6-7-8-9-10-11-12-13-14-17-20-23-26-29-32-36-44(49)55-38-42(39-56-59(53,54)57-40-43(47)46(51)52)58-45(50)37-33-30-27-24-21-18-15-16-19-22-25-28-31-35-41(48)34-4-2/h8-9,11-12,14-15,17-19,22-24,26-28,31,41-43,48H,3-7,10,13,16,20-21,25,29-30,32-40,47H2,1-2H3,(H,51,52)(H,53,54)/b9-8-,12-11-,17-14-,18-15-,22-19-,26-23-,27-24-,31-28-/t41?,42-,43+/m1/s1. The van der Waals surface area contributed by atoms with Crippen LogP contribution in [0.2, 0.25) is 0 Å². The van der Waals surface area contributed by atoms with E-state index >= 15 is 0 Å². The van der Waals surface area contributed by atoms with Gasteiger partial charge in [0.15, 0.2) is 6.10 Å². The molecule has 13 heteroatoms. The third kappa shape index (κ3) is 39.6. The van der Waals surface area contributed by atoms with Gasteiger partial charge in [-0.2, -0.15) is 0 Å². The van der Waals surface area contributed by atoms with Crippen molar-refractivity contribution in [2.45, 2.75) is 154 Å². The average molecular weight is 848 g/mol. The molecule has 0 aromatic rings. The Balaban J connectivity index is 4.61. The molecule has 0 amide bonds. The van der Waals surface area contributed by atoms with E-state index in [2.05, 4.69) is 85.2 Å². The van der Waals surface area contributed by atoms with E-state index in [1.807, 2.05) is 30.4 Å². The highest BCUT2D eigenvalue weighted by Crippen LogP contribution is 2.43. The highest BCUT2D eigenvalue weighted by atomic mass is 31.2. The number of esters is 2. The molecular formula is C46H74NO11P. The number of carboxylic acid groups (broad SMARTS) is 1. The normalized spacial score (nSPS) is 15.2. The van der Waals surface area contributed by atoms with Crippen molar-refractivity contribution in [1.82, 2.24) is 0 Å². The van der Waals surface area contributed by atoms with Crippen LogP contribution in [-0.2, 0) is 37.5 Å². The summed E-state index contributed by atoms with van der Waals surface area (Å²) in [4.78, 5) is 45.9. The van der Waals surface area contributed by atoms with E-state index in [0.717, 1.165) is 57.8 Å². The summed E-state index contributed by atoms with van der Waals surface area (Å²) in [5.41, 5.74) is 5.32. The molecule has 0 saturated carbocycles. The maximum Gasteiger partial charge on any atom is 0.472 e. The molecule has 5 N–H and O–H groups in total. The molecule has 12 nitrogen and oxygen atoms in total. The summed E-state index contributed by atoms with van der Waals surface area (Å²) in [7, 11) is -4.76. The zero-order valence-corrected chi connectivity index (χ0v) is 36.6. The number of phosphoric ester groups is 1. The Kier molecular flexibility index (Phi) is 37.3. The zero-order valence-electron chi connectivity index (χ0n) is 35.7. The molecule has 0 aliphatic rings. The van der Waals surface area contributed by atoms with Crippen molar-refractivity contribution in [3.63, 3.8) is 0 Å². The van der Waals surface area contributed by atoms with Crippen LogP contribution in [0.3, 0.4) is 0 Å². The predicted octanol–water partition coefficient (Wildman–Crippen LogP) is 10.2. The van der Waals surface area contributed by atoms with Gasteiger partial charge in [0, 0.05) is 12.8 Å². The molecule has 4 atom stereocenters. The smallest absolute Gasteiger partial charge is 0.472 e. The van der Waals surface area contributed by atoms with E-state index in [1.165, 1.54) is 19.3 Å². The van der Waals surface area contributed by atoms with Gasteiger partial charge >= 0.3 is 25.7 Å². The second-order valence-electron chi connectivity index (χ2n) is 13.9. The number of rotatable bonds is 38. The Morgan fingerprint density at radius 3 is 1.51 bits per heavy atom. The van der Waals surface area contributed by atoms with Gasteiger partial charge < -0.3 is 30.3 Å². The number of hydrogen-bond donors (Lipinski definition) is 4. The summed E-state index contributed by atoms with van der Waals surface area (Å²) < 4.78 is 32.5. The lowest BCUT2D eigenvalue weighted by Crippen LogP contribution is -2.34. The predicted molar refractivity (Wildman–Crippen MR) is 236 cm³/mol. The van der Waals surface area contributed by atoms with Crippen molar-refractivity contribution < 1.29 is 52.6 Å². The van der Waals surface area contributed by atoms with Crippen LogP contribution in [0.5, 0.6) is 0 Å². The SMILES string of the molecule is CCCCC/C=C\C/C=C\C/C=C\C/C=C\CCCC(=O)OC[C@H](COP(=O)(O)OC[C@H](N)C(=O)O)OC(=O)CCC/C=C\C/C=C\C/C=C\C/C=C\CC(O)CCC. The summed E-state index contributed by atoms with van der Waals surface area (Å²) in [6, 6.07) is -1.55. The van der Waals surface area contributed by atoms with Gasteiger partial charge in [0.05, 0.1) is 19.3 Å². The molecule has 0 aromatic carbocycles. The molecule has 0 aliphatic heterocycles. The quantitative estimate of drug-likeness (QED) is 0.0199. The molecule has 0 rings (SSSR count). The summed E-state index contributed by atoms with van der Waals surface area (Å²) in [5, 5.41) is 18.6. The highest BCUT2D eigenvalue weighted by Gasteiger charge is 2.28. The van der Waals surface area contributed by atoms with Crippen LogP contribution >= 0.6 is 7.82 Å². The third-order valence-electron chi connectivity index (χ3n) is 8.36. The van der Waals surface area contributed by atoms with Crippen LogP contribution in [0.25, 0.3) is 0 Å². The third-order valence-corrected chi connectivity index (χ3v) is 9.31. The lowest BCUT2D eigenvalue weighted by atomic mass is 10.1. The Bertz CT molecular complexity index is 1380. The van der Waals surface area contributed by atoms with Gasteiger partial charge in [0.2, 0.25) is 0 Å². The van der Waals surface area contributed by atoms with E-state index in [0.29, 0.717) is 32.1 Å². The van der Waals surface area contributed by atoms with Crippen LogP contribution in [0, 0.1) is 0 Å². The lowest BCUT2D eigenvalue weighted by molar-refractivity contribution is -0.161. The fraction of sp³-hybridized carbons (Fsp3) is 0.587. The number of aliphatic hydroxyl groups excluding tert-OH is 1. The molecule has 0 aliphatic carbocycles. The number of aliphatic hydroxyl groups is 1. The maximum atomic E-state index is 12.6. The van der Waals surface area contributed by atoms with Crippen molar-refractivity contribution >= 4 is 25.7 Å². The fourth-order valence-corrected chi connectivity index (χ4v) is 5.78. The first-order valence-corrected chi connectivity index (χ1v) is 22.8. The lowest BCUT2D eigenvalue weighted by Gasteiger charge is -2.20. The molecule has 59 heavy (non-hydrogen) atoms. The molecule has 2 unspecified atom stereocenters. The molecule has 0 saturated heterocycles. The Labute approximate surface area is 354 Å². The van der Waals surface area contributed by atoms with Crippen molar-refractivity contribution in [1.29, 1.82) is 0 Å². The molecule has 0 spiro atoms. The monoisotopic (exact) mass is 847 g/mol. The first kappa shape index (κ1) is 55.4. The number of carbonyl (C=O) groups excluding carboxylic acids is 2. The summed E-state index contributed by atoms with van der Waals surface area (Å²) in [5.74, 6) is -2.56. The van der Waals surface area contributed by atoms with Gasteiger partial charge in [-0.25, -0.2) is 4.57 Å². The van der Waals surface area contributed by atoms with Gasteiger partial charge in [0.1, 0.15) is 12.6 Å². The van der Waals surface area contributed by atoms with Gasteiger partial charge in [-0.05, 0) is 89.9 Å². The minimum atomic E-state index is -4.76. The minimum Gasteiger partial charge on any atom is -0.480 e. The number of nitrogens with two attached hydrogens (primary N) is 1. The number of allylic oxidation sites excluding steroid dienone is 15. The van der Waals surface area contributed by atoms with E-state index < -0.39 is 57.7 Å². The number of unbranched alkanes of at least 4 members (excludes halogenated alkanes) is 5. The highest BCUT2D eigenvalue weighted by molar-refractivity contribution is 7.47. The largest absolute Gasteiger partial charge is 0.480 e. The topological polar surface area (TPSA) is 192 Å². The number of aliphatic carboxylic acids is 1. The van der Waals surface area contributed by atoms with E-state index in [-0.39, 0.29) is 18.9 Å². The summed E-state index contributed by atoms with van der Waals surface area (Å²) in [6.45, 7) is 2.43. The second kappa shape index (κ2) is 39.8. The first-order chi connectivity index (χ1) is 28.5. The molecular weight excluding hydrogens is 773 g/mol. The number of phosphoric acid groups is 1. The molecule has 0 aromatic heterocycles. The van der Waals surface area contributed by atoms with Gasteiger partial charge in [-0.1, -0.05) is 130 Å². The Hall–Kier alpha value is -3.64. The van der Waals surface area contributed by atoms with Crippen LogP contribution in [0.15, 0.2) is 97.2 Å². The first-order valence-electron chi connectivity index (χ1n) is 21.3. The summed E-state index contributed by atoms with van der Waals surface area (Å²) >= 11 is 0. The number of hydrogen-bond acceptors (Lipinski definition) is 10. The summed E-state index contributed by atoms with van der Waals surface area (Å²) in [6.07, 6.45) is 46.9. The number of carbonyl (C=O) groups is 3. The maximum absolute atomic E-state index is 12.6. The Morgan fingerprint density at radius 2 is 1.03 bits per heavy atom. The molecule has 0 heterocycles. The zero-order chi connectivity index (χ0) is 43.7. The van der Waals surface area contributed by atoms with E-state index in [1.54, 1.807) is 0 Å². The number of ether oxygens (including phenoxy) is 2. The fourth-order valence-electron chi connectivity index (χ4n) is 5.00. The molecule has 0 fully saturated rings. The van der Waals surface area contributed by atoms with Crippen molar-refractivity contribution in [2.75, 3.05) is 19.8 Å². The van der Waals surface area contributed by atoms with Gasteiger partial charge in [-0.15, -0.1) is 0 Å². The van der Waals surface area contributed by atoms with Crippen LogP contribution in [0.1, 0.15) is 136 Å². The van der Waals surface area contributed by atoms with Crippen molar-refractivity contribution in [2.24, 2.45) is 5.73 Å². The van der Waals surface area contributed by atoms with Crippen molar-refractivity contribution in [3.8, 4) is 0 Å². The van der Waals surface area contributed by atoms with E-state index in [9.17, 15) is 28.9 Å².